The summed E-state index contributed by atoms with van der Waals surface area (Å²) in [6.45, 7) is 4.60. The molecule has 1 aliphatic carbocycles. The van der Waals surface area contributed by atoms with Crippen LogP contribution in [0.2, 0.25) is 0 Å². The number of hydrogen-bond donors (Lipinski definition) is 0. The third kappa shape index (κ3) is 3.69. The van der Waals surface area contributed by atoms with E-state index in [1.54, 1.807) is 0 Å². The van der Waals surface area contributed by atoms with Crippen molar-refractivity contribution < 1.29 is 9.78 Å². The Balaban J connectivity index is 1.71. The molecular weight excluding hydrogens is 212 g/mol. The van der Waals surface area contributed by atoms with E-state index in [1.165, 1.54) is 57.8 Å². The zero-order chi connectivity index (χ0) is 12.1. The quantitative estimate of drug-likeness (QED) is 0.515. The smallest absolute Gasteiger partial charge is 0.106 e. The first kappa shape index (κ1) is 13.4. The van der Waals surface area contributed by atoms with Gasteiger partial charge in [-0.15, -0.1) is 0 Å². The van der Waals surface area contributed by atoms with Crippen LogP contribution in [0, 0.1) is 5.92 Å². The number of rotatable bonds is 5. The highest BCUT2D eigenvalue weighted by Gasteiger charge is 2.44. The first-order chi connectivity index (χ1) is 8.24. The molecule has 0 aromatic carbocycles. The average Bonchev–Trinajstić information content (AvgIpc) is 2.67. The zero-order valence-corrected chi connectivity index (χ0v) is 11.5. The maximum absolute atomic E-state index is 5.72. The number of unbranched alkanes of at least 4 members (excludes halogenated alkanes) is 3. The maximum Gasteiger partial charge on any atom is 0.106 e. The molecule has 0 aromatic heterocycles. The Bertz CT molecular complexity index is 229. The highest BCUT2D eigenvalue weighted by Crippen LogP contribution is 2.43. The normalized spacial score (nSPS) is 37.8. The predicted octanol–water partition coefficient (Wildman–Crippen LogP) is 4.63. The van der Waals surface area contributed by atoms with Gasteiger partial charge in [0.05, 0.1) is 6.10 Å². The Hall–Kier alpha value is -0.0800. The van der Waals surface area contributed by atoms with Gasteiger partial charge in [-0.05, 0) is 25.2 Å². The Kier molecular flexibility index (Phi) is 4.87. The largest absolute Gasteiger partial charge is 0.233 e. The molecule has 1 unspecified atom stereocenters. The van der Waals surface area contributed by atoms with E-state index < -0.39 is 0 Å². The van der Waals surface area contributed by atoms with Gasteiger partial charge in [-0.25, -0.2) is 9.78 Å². The molecule has 2 fully saturated rings. The SMILES string of the molecule is CCCCCCC1C[C@]2(CCC[C@@H](C)C2)OO1. The van der Waals surface area contributed by atoms with Crippen molar-refractivity contribution in [1.29, 1.82) is 0 Å². The summed E-state index contributed by atoms with van der Waals surface area (Å²) in [5, 5.41) is 0. The van der Waals surface area contributed by atoms with E-state index in [-0.39, 0.29) is 5.60 Å². The van der Waals surface area contributed by atoms with Crippen molar-refractivity contribution in [3.8, 4) is 0 Å². The minimum Gasteiger partial charge on any atom is -0.233 e. The van der Waals surface area contributed by atoms with E-state index in [0.29, 0.717) is 6.10 Å². The Morgan fingerprint density at radius 2 is 2.06 bits per heavy atom. The van der Waals surface area contributed by atoms with E-state index in [4.69, 9.17) is 9.78 Å². The van der Waals surface area contributed by atoms with E-state index in [0.717, 1.165) is 12.3 Å². The Morgan fingerprint density at radius 3 is 2.82 bits per heavy atom. The molecule has 2 nitrogen and oxygen atoms in total. The second kappa shape index (κ2) is 6.19. The van der Waals surface area contributed by atoms with Crippen LogP contribution in [0.25, 0.3) is 0 Å². The molecule has 0 N–H and O–H groups in total. The lowest BCUT2D eigenvalue weighted by Gasteiger charge is -2.33. The lowest BCUT2D eigenvalue weighted by Crippen LogP contribution is -2.34. The maximum atomic E-state index is 5.72. The third-order valence-electron chi connectivity index (χ3n) is 4.39. The van der Waals surface area contributed by atoms with Crippen LogP contribution in [0.15, 0.2) is 0 Å². The van der Waals surface area contributed by atoms with Crippen molar-refractivity contribution in [1.82, 2.24) is 0 Å². The zero-order valence-electron chi connectivity index (χ0n) is 11.5. The molecule has 0 radical (unpaired) electrons. The molecule has 1 spiro atoms. The van der Waals surface area contributed by atoms with Gasteiger partial charge in [0.15, 0.2) is 0 Å². The van der Waals surface area contributed by atoms with E-state index in [2.05, 4.69) is 13.8 Å². The van der Waals surface area contributed by atoms with Gasteiger partial charge in [0.2, 0.25) is 0 Å². The summed E-state index contributed by atoms with van der Waals surface area (Å²) in [5.41, 5.74) is 0.0904. The van der Waals surface area contributed by atoms with Crippen molar-refractivity contribution in [3.63, 3.8) is 0 Å². The molecule has 0 amide bonds. The highest BCUT2D eigenvalue weighted by atomic mass is 17.2. The van der Waals surface area contributed by atoms with Crippen molar-refractivity contribution in [2.24, 2.45) is 5.92 Å². The molecule has 17 heavy (non-hydrogen) atoms. The van der Waals surface area contributed by atoms with Crippen LogP contribution in [0.5, 0.6) is 0 Å². The minimum absolute atomic E-state index is 0.0904. The highest BCUT2D eigenvalue weighted by molar-refractivity contribution is 4.90. The van der Waals surface area contributed by atoms with Crippen molar-refractivity contribution in [2.45, 2.75) is 89.8 Å². The molecule has 1 saturated carbocycles. The molecule has 1 heterocycles. The molecule has 1 saturated heterocycles. The molecule has 0 aromatic rings. The van der Waals surface area contributed by atoms with Crippen molar-refractivity contribution in [2.75, 3.05) is 0 Å². The van der Waals surface area contributed by atoms with Crippen molar-refractivity contribution >= 4 is 0 Å². The predicted molar refractivity (Wildman–Crippen MR) is 69.7 cm³/mol. The Morgan fingerprint density at radius 1 is 1.18 bits per heavy atom. The van der Waals surface area contributed by atoms with Gasteiger partial charge in [0, 0.05) is 6.42 Å². The van der Waals surface area contributed by atoms with Gasteiger partial charge in [-0.3, -0.25) is 0 Å². The van der Waals surface area contributed by atoms with E-state index in [9.17, 15) is 0 Å². The van der Waals surface area contributed by atoms with Crippen molar-refractivity contribution in [3.05, 3.63) is 0 Å². The molecule has 2 aliphatic rings. The van der Waals surface area contributed by atoms with Crippen LogP contribution in [-0.2, 0) is 9.78 Å². The summed E-state index contributed by atoms with van der Waals surface area (Å²) in [7, 11) is 0. The van der Waals surface area contributed by atoms with Crippen LogP contribution < -0.4 is 0 Å². The third-order valence-corrected chi connectivity index (χ3v) is 4.39. The van der Waals surface area contributed by atoms with Crippen LogP contribution in [-0.4, -0.2) is 11.7 Å². The molecule has 0 bridgehead atoms. The standard InChI is InChI=1S/C15H28O2/c1-3-4-5-6-9-14-12-15(17-16-14)10-7-8-13(2)11-15/h13-14H,3-12H2,1-2H3/t13-,14?,15-/m1/s1. The monoisotopic (exact) mass is 240 g/mol. The Labute approximate surface area is 106 Å². The summed E-state index contributed by atoms with van der Waals surface area (Å²) < 4.78 is 0. The lowest BCUT2D eigenvalue weighted by atomic mass is 9.76. The lowest BCUT2D eigenvalue weighted by molar-refractivity contribution is -0.333. The fraction of sp³-hybridized carbons (Fsp3) is 1.00. The summed E-state index contributed by atoms with van der Waals surface area (Å²) in [6.07, 6.45) is 13.1. The summed E-state index contributed by atoms with van der Waals surface area (Å²) in [4.78, 5) is 11.3. The van der Waals surface area contributed by atoms with E-state index in [1.807, 2.05) is 0 Å². The van der Waals surface area contributed by atoms with Gasteiger partial charge in [-0.2, -0.15) is 0 Å². The van der Waals surface area contributed by atoms with Gasteiger partial charge >= 0.3 is 0 Å². The molecule has 1 aliphatic heterocycles. The fourth-order valence-electron chi connectivity index (χ4n) is 3.47. The fourth-order valence-corrected chi connectivity index (χ4v) is 3.47. The van der Waals surface area contributed by atoms with E-state index >= 15 is 0 Å². The van der Waals surface area contributed by atoms with Gasteiger partial charge in [0.1, 0.15) is 5.60 Å². The first-order valence-corrected chi connectivity index (χ1v) is 7.58. The van der Waals surface area contributed by atoms with Gasteiger partial charge < -0.3 is 0 Å². The molecular formula is C15H28O2. The second-order valence-electron chi connectivity index (χ2n) is 6.24. The molecule has 2 heteroatoms. The van der Waals surface area contributed by atoms with Crippen LogP contribution in [0.4, 0.5) is 0 Å². The average molecular weight is 240 g/mol. The second-order valence-corrected chi connectivity index (χ2v) is 6.24. The van der Waals surface area contributed by atoms with Crippen LogP contribution >= 0.6 is 0 Å². The van der Waals surface area contributed by atoms with Crippen LogP contribution in [0.3, 0.4) is 0 Å². The minimum atomic E-state index is 0.0904. The molecule has 3 atom stereocenters. The topological polar surface area (TPSA) is 18.5 Å². The molecule has 100 valence electrons. The van der Waals surface area contributed by atoms with Crippen LogP contribution in [0.1, 0.15) is 78.1 Å². The van der Waals surface area contributed by atoms with Gasteiger partial charge in [0.25, 0.3) is 0 Å². The summed E-state index contributed by atoms with van der Waals surface area (Å²) in [5.74, 6) is 0.811. The summed E-state index contributed by atoms with van der Waals surface area (Å²) in [6, 6.07) is 0. The summed E-state index contributed by atoms with van der Waals surface area (Å²) >= 11 is 0. The van der Waals surface area contributed by atoms with Gasteiger partial charge in [-0.1, -0.05) is 52.4 Å². The molecule has 2 rings (SSSR count). The number of hydrogen-bond acceptors (Lipinski definition) is 2. The first-order valence-electron chi connectivity index (χ1n) is 7.58.